The first-order valence-electron chi connectivity index (χ1n) is 4.30. The number of amides is 1. The molecule has 0 aromatic carbocycles. The maximum atomic E-state index is 11.2. The molecule has 0 aliphatic heterocycles. The molecule has 0 aliphatic carbocycles. The lowest BCUT2D eigenvalue weighted by atomic mass is 10.4. The van der Waals surface area contributed by atoms with Crippen LogP contribution in [-0.4, -0.2) is 50.7 Å². The molecule has 2 N–H and O–H groups in total. The van der Waals surface area contributed by atoms with Crippen LogP contribution in [0, 0.1) is 0 Å². The molecule has 1 amide bonds. The van der Waals surface area contributed by atoms with Gasteiger partial charge in [-0.3, -0.25) is 13.8 Å². The van der Waals surface area contributed by atoms with Crippen LogP contribution in [0.3, 0.4) is 0 Å². The zero-order valence-corrected chi connectivity index (χ0v) is 10.3. The van der Waals surface area contributed by atoms with Gasteiger partial charge in [-0.25, -0.2) is 0 Å². The zero-order valence-electron chi connectivity index (χ0n) is 8.69. The van der Waals surface area contributed by atoms with Crippen molar-refractivity contribution < 1.29 is 18.9 Å². The summed E-state index contributed by atoms with van der Waals surface area (Å²) in [7, 11) is -0.941. The smallest absolute Gasteiger partial charge is 0.313 e. The van der Waals surface area contributed by atoms with Gasteiger partial charge in [0.1, 0.15) is 0 Å². The molecule has 2 atom stereocenters. The van der Waals surface area contributed by atoms with E-state index in [1.165, 1.54) is 0 Å². The summed E-state index contributed by atoms with van der Waals surface area (Å²) in [5.74, 6) is -0.709. The van der Waals surface area contributed by atoms with E-state index in [4.69, 9.17) is 5.11 Å². The van der Waals surface area contributed by atoms with Crippen molar-refractivity contribution in [1.82, 2.24) is 5.32 Å². The minimum absolute atomic E-state index is 0.0818. The fourth-order valence-electron chi connectivity index (χ4n) is 0.941. The third-order valence-corrected chi connectivity index (χ3v) is 3.24. The average molecular weight is 253 g/mol. The number of aliphatic carboxylic acids is 1. The molecule has 0 radical (unpaired) electrons. The SMILES string of the molecule is CC(CS(C)=O)NC(=O)CSCC(=O)O. The molecule has 7 heteroatoms. The topological polar surface area (TPSA) is 83.5 Å². The van der Waals surface area contributed by atoms with Crippen LogP contribution in [0.5, 0.6) is 0 Å². The molecule has 15 heavy (non-hydrogen) atoms. The summed E-state index contributed by atoms with van der Waals surface area (Å²) in [5, 5.41) is 11.0. The van der Waals surface area contributed by atoms with Crippen molar-refractivity contribution in [2.24, 2.45) is 0 Å². The van der Waals surface area contributed by atoms with E-state index in [1.807, 2.05) is 0 Å². The number of thioether (sulfide) groups is 1. The molecule has 0 rings (SSSR count). The Balaban J connectivity index is 3.64. The summed E-state index contributed by atoms with van der Waals surface area (Å²) in [5.41, 5.74) is 0. The van der Waals surface area contributed by atoms with Gasteiger partial charge in [-0.15, -0.1) is 11.8 Å². The maximum absolute atomic E-state index is 11.2. The van der Waals surface area contributed by atoms with Gasteiger partial charge in [0.2, 0.25) is 5.91 Å². The Labute approximate surface area is 95.5 Å². The normalized spacial score (nSPS) is 14.3. The molecular formula is C8H15NO4S2. The first kappa shape index (κ1) is 14.4. The summed E-state index contributed by atoms with van der Waals surface area (Å²) < 4.78 is 10.8. The van der Waals surface area contributed by atoms with Crippen LogP contribution in [-0.2, 0) is 20.4 Å². The summed E-state index contributed by atoms with van der Waals surface area (Å²) in [6.07, 6.45) is 1.57. The van der Waals surface area contributed by atoms with Crippen molar-refractivity contribution in [3.8, 4) is 0 Å². The van der Waals surface area contributed by atoms with E-state index < -0.39 is 16.8 Å². The molecule has 0 aromatic heterocycles. The Morgan fingerprint density at radius 2 is 2.07 bits per heavy atom. The molecule has 0 aliphatic rings. The lowest BCUT2D eigenvalue weighted by Gasteiger charge is -2.11. The van der Waals surface area contributed by atoms with Gasteiger partial charge in [0.15, 0.2) is 0 Å². The number of nitrogens with one attached hydrogen (secondary N) is 1. The molecule has 0 saturated heterocycles. The molecule has 0 bridgehead atoms. The second kappa shape index (κ2) is 7.70. The van der Waals surface area contributed by atoms with Crippen molar-refractivity contribution in [3.05, 3.63) is 0 Å². The van der Waals surface area contributed by atoms with Crippen molar-refractivity contribution >= 4 is 34.4 Å². The number of rotatable bonds is 7. The van der Waals surface area contributed by atoms with Crippen molar-refractivity contribution in [2.45, 2.75) is 13.0 Å². The molecule has 0 heterocycles. The van der Waals surface area contributed by atoms with Crippen LogP contribution in [0.15, 0.2) is 0 Å². The van der Waals surface area contributed by atoms with E-state index in [0.29, 0.717) is 5.75 Å². The van der Waals surface area contributed by atoms with Gasteiger partial charge < -0.3 is 10.4 Å². The van der Waals surface area contributed by atoms with Gasteiger partial charge in [-0.05, 0) is 6.92 Å². The first-order valence-corrected chi connectivity index (χ1v) is 7.19. The fraction of sp³-hybridized carbons (Fsp3) is 0.750. The fourth-order valence-corrected chi connectivity index (χ4v) is 2.27. The number of carbonyl (C=O) groups excluding carboxylic acids is 1. The van der Waals surface area contributed by atoms with Gasteiger partial charge in [0, 0.05) is 28.9 Å². The van der Waals surface area contributed by atoms with E-state index in [-0.39, 0.29) is 23.5 Å². The van der Waals surface area contributed by atoms with E-state index in [2.05, 4.69) is 5.32 Å². The first-order chi connectivity index (χ1) is 6.91. The lowest BCUT2D eigenvalue weighted by molar-refractivity contribution is -0.133. The number of carbonyl (C=O) groups is 2. The minimum atomic E-state index is -0.941. The number of carboxylic acid groups (broad SMARTS) is 1. The third kappa shape index (κ3) is 9.74. The standard InChI is InChI=1S/C8H15NO4S2/c1-6(5-15(2)13)9-7(10)3-14-4-8(11)12/h6H,3-5H2,1-2H3,(H,9,10)(H,11,12). The van der Waals surface area contributed by atoms with Crippen molar-refractivity contribution in [2.75, 3.05) is 23.5 Å². The van der Waals surface area contributed by atoms with Gasteiger partial charge in [0.25, 0.3) is 0 Å². The summed E-state index contributed by atoms with van der Waals surface area (Å²) >= 11 is 1.04. The summed E-state index contributed by atoms with van der Waals surface area (Å²) in [4.78, 5) is 21.3. The molecular weight excluding hydrogens is 238 g/mol. The Morgan fingerprint density at radius 3 is 2.53 bits per heavy atom. The highest BCUT2D eigenvalue weighted by Gasteiger charge is 2.09. The molecule has 5 nitrogen and oxygen atoms in total. The maximum Gasteiger partial charge on any atom is 0.313 e. The van der Waals surface area contributed by atoms with Gasteiger partial charge in [-0.1, -0.05) is 0 Å². The van der Waals surface area contributed by atoms with Gasteiger partial charge in [0.05, 0.1) is 11.5 Å². The van der Waals surface area contributed by atoms with Crippen LogP contribution in [0.1, 0.15) is 6.92 Å². The Morgan fingerprint density at radius 1 is 1.47 bits per heavy atom. The predicted molar refractivity (Wildman–Crippen MR) is 61.5 cm³/mol. The Kier molecular flexibility index (Phi) is 7.41. The van der Waals surface area contributed by atoms with Crippen LogP contribution in [0.2, 0.25) is 0 Å². The molecule has 0 aromatic rings. The highest BCUT2D eigenvalue weighted by atomic mass is 32.2. The van der Waals surface area contributed by atoms with Gasteiger partial charge >= 0.3 is 5.97 Å². The van der Waals surface area contributed by atoms with Crippen LogP contribution in [0.4, 0.5) is 0 Å². The quantitative estimate of drug-likeness (QED) is 0.650. The van der Waals surface area contributed by atoms with E-state index in [1.54, 1.807) is 13.2 Å². The zero-order chi connectivity index (χ0) is 11.8. The second-order valence-electron chi connectivity index (χ2n) is 3.09. The predicted octanol–water partition coefficient (Wildman–Crippen LogP) is -0.313. The largest absolute Gasteiger partial charge is 0.481 e. The van der Waals surface area contributed by atoms with Crippen molar-refractivity contribution in [3.63, 3.8) is 0 Å². The van der Waals surface area contributed by atoms with Crippen LogP contribution < -0.4 is 5.32 Å². The number of carboxylic acids is 1. The second-order valence-corrected chi connectivity index (χ2v) is 5.56. The molecule has 0 saturated carbocycles. The molecule has 88 valence electrons. The summed E-state index contributed by atoms with van der Waals surface area (Å²) in [6.45, 7) is 1.77. The van der Waals surface area contributed by atoms with E-state index in [0.717, 1.165) is 11.8 Å². The number of hydrogen-bond acceptors (Lipinski definition) is 4. The average Bonchev–Trinajstić information content (AvgIpc) is 2.00. The summed E-state index contributed by atoms with van der Waals surface area (Å²) in [6, 6.07) is -0.145. The Hall–Kier alpha value is -0.560. The van der Waals surface area contributed by atoms with E-state index in [9.17, 15) is 13.8 Å². The van der Waals surface area contributed by atoms with E-state index >= 15 is 0 Å². The molecule has 0 spiro atoms. The highest BCUT2D eigenvalue weighted by molar-refractivity contribution is 8.00. The monoisotopic (exact) mass is 253 g/mol. The van der Waals surface area contributed by atoms with Crippen LogP contribution >= 0.6 is 11.8 Å². The minimum Gasteiger partial charge on any atom is -0.481 e. The number of hydrogen-bond donors (Lipinski definition) is 2. The molecule has 0 fully saturated rings. The van der Waals surface area contributed by atoms with Crippen molar-refractivity contribution in [1.29, 1.82) is 0 Å². The van der Waals surface area contributed by atoms with Gasteiger partial charge in [-0.2, -0.15) is 0 Å². The Bertz CT molecular complexity index is 257. The van der Waals surface area contributed by atoms with Crippen LogP contribution in [0.25, 0.3) is 0 Å². The molecule has 2 unspecified atom stereocenters. The highest BCUT2D eigenvalue weighted by Crippen LogP contribution is 1.98. The third-order valence-electron chi connectivity index (χ3n) is 1.35. The lowest BCUT2D eigenvalue weighted by Crippen LogP contribution is -2.37.